The highest BCUT2D eigenvalue weighted by Crippen LogP contribution is 2.38. The van der Waals surface area contributed by atoms with E-state index in [0.717, 1.165) is 5.56 Å². The number of hydrogen-bond donors (Lipinski definition) is 5. The van der Waals surface area contributed by atoms with Gasteiger partial charge < -0.3 is 35.3 Å². The Morgan fingerprint density at radius 1 is 0.907 bits per heavy atom. The predicted octanol–water partition coefficient (Wildman–Crippen LogP) is 2.69. The number of methoxy groups -OCH3 is 3. The summed E-state index contributed by atoms with van der Waals surface area (Å²) in [6.07, 6.45) is -5.41. The molecule has 1 unspecified atom stereocenters. The fraction of sp³-hybridized carbons (Fsp3) is 0.464. The first-order valence-corrected chi connectivity index (χ1v) is 13.4. The van der Waals surface area contributed by atoms with Crippen molar-refractivity contribution in [2.24, 2.45) is 5.73 Å². The summed E-state index contributed by atoms with van der Waals surface area (Å²) in [6, 6.07) is 8.77. The SMILES string of the molecule is COc1cc(CNC(=O)CC(NNC(=O)[C@@H](N)CCCCNC(=O)OCc2ccccc2)C(F)(F)F)cc(OC)c1OC. The van der Waals surface area contributed by atoms with Crippen molar-refractivity contribution in [3.05, 3.63) is 53.6 Å². The molecular weight excluding hydrogens is 575 g/mol. The number of alkyl halides is 3. The van der Waals surface area contributed by atoms with Crippen LogP contribution >= 0.6 is 0 Å². The highest BCUT2D eigenvalue weighted by atomic mass is 19.4. The van der Waals surface area contributed by atoms with Gasteiger partial charge in [0.1, 0.15) is 12.6 Å². The quantitative estimate of drug-likeness (QED) is 0.133. The minimum atomic E-state index is -4.85. The molecule has 238 valence electrons. The average molecular weight is 614 g/mol. The maximum absolute atomic E-state index is 13.6. The van der Waals surface area contributed by atoms with Crippen LogP contribution in [0, 0.1) is 0 Å². The minimum absolute atomic E-state index is 0.114. The summed E-state index contributed by atoms with van der Waals surface area (Å²) in [4.78, 5) is 36.3. The van der Waals surface area contributed by atoms with Crippen molar-refractivity contribution < 1.29 is 46.5 Å². The number of benzene rings is 2. The van der Waals surface area contributed by atoms with E-state index >= 15 is 0 Å². The Morgan fingerprint density at radius 3 is 2.14 bits per heavy atom. The fourth-order valence-corrected chi connectivity index (χ4v) is 3.78. The van der Waals surface area contributed by atoms with E-state index in [1.54, 1.807) is 12.1 Å². The monoisotopic (exact) mass is 613 g/mol. The molecule has 2 atom stereocenters. The van der Waals surface area contributed by atoms with Gasteiger partial charge in [0.15, 0.2) is 11.5 Å². The van der Waals surface area contributed by atoms with Gasteiger partial charge in [-0.2, -0.15) is 13.2 Å². The van der Waals surface area contributed by atoms with Gasteiger partial charge in [0.25, 0.3) is 5.91 Å². The van der Waals surface area contributed by atoms with Gasteiger partial charge in [-0.05, 0) is 42.5 Å². The number of hydrogen-bond acceptors (Lipinski definition) is 9. The lowest BCUT2D eigenvalue weighted by Gasteiger charge is -2.23. The molecule has 12 nitrogen and oxygen atoms in total. The molecule has 0 aliphatic carbocycles. The Morgan fingerprint density at radius 2 is 1.56 bits per heavy atom. The molecule has 2 aromatic carbocycles. The van der Waals surface area contributed by atoms with Crippen LogP contribution in [0.25, 0.3) is 0 Å². The number of nitrogens with one attached hydrogen (secondary N) is 4. The van der Waals surface area contributed by atoms with Gasteiger partial charge in [0, 0.05) is 13.1 Å². The second-order valence-corrected chi connectivity index (χ2v) is 9.33. The summed E-state index contributed by atoms with van der Waals surface area (Å²) < 4.78 is 61.5. The molecule has 6 N–H and O–H groups in total. The molecule has 0 saturated carbocycles. The van der Waals surface area contributed by atoms with E-state index in [-0.39, 0.29) is 26.1 Å². The van der Waals surface area contributed by atoms with Gasteiger partial charge in [-0.3, -0.25) is 15.0 Å². The molecule has 0 aromatic heterocycles. The normalized spacial score (nSPS) is 12.4. The highest BCUT2D eigenvalue weighted by molar-refractivity contribution is 5.81. The predicted molar refractivity (Wildman–Crippen MR) is 150 cm³/mol. The standard InChI is InChI=1S/C28H38F3N5O7/c1-40-21-13-19(14-22(41-2)25(21)42-3)16-34-24(37)15-23(28(29,30)31)35-36-26(38)20(32)11-7-8-12-33-27(39)43-17-18-9-5-4-6-10-18/h4-6,9-10,13-14,20,23,35H,7-8,11-12,15-17,32H2,1-3H3,(H,33,39)(H,34,37)(H,36,38)/t20-,23?/m0/s1. The van der Waals surface area contributed by atoms with Crippen LogP contribution in [0.1, 0.15) is 36.8 Å². The number of hydrazine groups is 1. The number of unbranched alkanes of at least 4 members (excludes halogenated alkanes) is 1. The van der Waals surface area contributed by atoms with Crippen LogP contribution in [0.3, 0.4) is 0 Å². The lowest BCUT2D eigenvalue weighted by atomic mass is 10.1. The maximum Gasteiger partial charge on any atom is 0.407 e. The van der Waals surface area contributed by atoms with Crippen molar-refractivity contribution in [3.8, 4) is 17.2 Å². The molecule has 0 fully saturated rings. The molecule has 2 aromatic rings. The molecule has 0 bridgehead atoms. The minimum Gasteiger partial charge on any atom is -0.493 e. The van der Waals surface area contributed by atoms with Crippen molar-refractivity contribution >= 4 is 17.9 Å². The molecule has 43 heavy (non-hydrogen) atoms. The number of carbonyl (C=O) groups is 3. The van der Waals surface area contributed by atoms with Crippen molar-refractivity contribution in [1.82, 2.24) is 21.5 Å². The third-order valence-electron chi connectivity index (χ3n) is 6.13. The number of nitrogens with two attached hydrogens (primary N) is 1. The Kier molecular flexibility index (Phi) is 14.4. The topological polar surface area (TPSA) is 162 Å². The van der Waals surface area contributed by atoms with E-state index < -0.39 is 42.6 Å². The largest absolute Gasteiger partial charge is 0.493 e. The van der Waals surface area contributed by atoms with Crippen LogP contribution in [0.5, 0.6) is 17.2 Å². The summed E-state index contributed by atoms with van der Waals surface area (Å²) in [5, 5.41) is 4.98. The van der Waals surface area contributed by atoms with Crippen molar-refractivity contribution in [2.45, 2.75) is 57.1 Å². The Balaban J connectivity index is 1.74. The van der Waals surface area contributed by atoms with Crippen LogP contribution in [0.2, 0.25) is 0 Å². The third kappa shape index (κ3) is 12.3. The van der Waals surface area contributed by atoms with Gasteiger partial charge in [0.2, 0.25) is 11.7 Å². The number of carbonyl (C=O) groups excluding carboxylic acids is 3. The molecule has 0 radical (unpaired) electrons. The number of halogens is 3. The van der Waals surface area contributed by atoms with E-state index in [1.165, 1.54) is 21.3 Å². The van der Waals surface area contributed by atoms with Gasteiger partial charge in [-0.1, -0.05) is 30.3 Å². The number of rotatable bonds is 17. The summed E-state index contributed by atoms with van der Waals surface area (Å²) in [7, 11) is 4.23. The third-order valence-corrected chi connectivity index (χ3v) is 6.13. The van der Waals surface area contributed by atoms with Crippen LogP contribution in [-0.2, 0) is 27.5 Å². The summed E-state index contributed by atoms with van der Waals surface area (Å²) in [5.74, 6) is -0.833. The van der Waals surface area contributed by atoms with E-state index in [2.05, 4.69) is 10.6 Å². The molecule has 3 amide bonds. The van der Waals surface area contributed by atoms with Crippen molar-refractivity contribution in [1.29, 1.82) is 0 Å². The molecule has 0 aliphatic rings. The molecule has 0 spiro atoms. The first kappa shape index (κ1) is 35.0. The molecular formula is C28H38F3N5O7. The average Bonchev–Trinajstić information content (AvgIpc) is 2.99. The first-order valence-electron chi connectivity index (χ1n) is 13.4. The number of ether oxygens (including phenoxy) is 4. The van der Waals surface area contributed by atoms with Gasteiger partial charge in [-0.15, -0.1) is 0 Å². The molecule has 15 heteroatoms. The lowest BCUT2D eigenvalue weighted by molar-refractivity contribution is -0.165. The van der Waals surface area contributed by atoms with Crippen molar-refractivity contribution in [3.63, 3.8) is 0 Å². The van der Waals surface area contributed by atoms with E-state index in [4.69, 9.17) is 24.7 Å². The molecule has 2 rings (SSSR count). The van der Waals surface area contributed by atoms with Crippen LogP contribution in [-0.4, -0.2) is 64.0 Å². The number of alkyl carbamates (subject to hydrolysis) is 1. The summed E-state index contributed by atoms with van der Waals surface area (Å²) in [5.41, 5.74) is 11.0. The first-order chi connectivity index (χ1) is 20.5. The zero-order chi connectivity index (χ0) is 31.8. The Hall–Kier alpha value is -4.24. The van der Waals surface area contributed by atoms with Gasteiger partial charge in [0.05, 0.1) is 33.8 Å². The van der Waals surface area contributed by atoms with E-state index in [9.17, 15) is 27.6 Å². The Labute approximate surface area is 247 Å². The van der Waals surface area contributed by atoms with E-state index in [1.807, 2.05) is 41.2 Å². The van der Waals surface area contributed by atoms with Crippen LogP contribution in [0.15, 0.2) is 42.5 Å². The highest BCUT2D eigenvalue weighted by Gasteiger charge is 2.41. The second-order valence-electron chi connectivity index (χ2n) is 9.33. The zero-order valence-electron chi connectivity index (χ0n) is 24.2. The smallest absolute Gasteiger partial charge is 0.407 e. The molecule has 0 saturated heterocycles. The van der Waals surface area contributed by atoms with Crippen LogP contribution < -0.4 is 41.4 Å². The van der Waals surface area contributed by atoms with Crippen LogP contribution in [0.4, 0.5) is 18.0 Å². The molecule has 0 heterocycles. The Bertz CT molecular complexity index is 1160. The lowest BCUT2D eigenvalue weighted by Crippen LogP contribution is -2.56. The van der Waals surface area contributed by atoms with Crippen molar-refractivity contribution in [2.75, 3.05) is 27.9 Å². The van der Waals surface area contributed by atoms with E-state index in [0.29, 0.717) is 35.7 Å². The second kappa shape index (κ2) is 17.7. The van der Waals surface area contributed by atoms with Gasteiger partial charge >= 0.3 is 12.3 Å². The maximum atomic E-state index is 13.6. The summed E-state index contributed by atoms with van der Waals surface area (Å²) >= 11 is 0. The fourth-order valence-electron chi connectivity index (χ4n) is 3.78. The zero-order valence-corrected chi connectivity index (χ0v) is 24.2. The number of amides is 3. The molecule has 0 aliphatic heterocycles. The van der Waals surface area contributed by atoms with Gasteiger partial charge in [-0.25, -0.2) is 10.2 Å². The summed E-state index contributed by atoms with van der Waals surface area (Å²) in [6.45, 7) is 0.275.